The fraction of sp³-hybridized carbons (Fsp3) is 0.125. The molecule has 1 aliphatic heterocycles. The number of alkyl halides is 1. The molecule has 1 aliphatic rings. The number of halogens is 1. The molecule has 0 saturated carbocycles. The molecule has 0 radical (unpaired) electrons. The van der Waals surface area contributed by atoms with E-state index in [2.05, 4.69) is 30.9 Å². The second kappa shape index (κ2) is 2.87. The maximum Gasteiger partial charge on any atom is 0.287 e. The summed E-state index contributed by atoms with van der Waals surface area (Å²) in [6.45, 7) is 0. The average Bonchev–Trinajstić information content (AvgIpc) is 2.86. The van der Waals surface area contributed by atoms with Gasteiger partial charge in [0.25, 0.3) is 10.8 Å². The topological polar surface area (TPSA) is 61.1 Å². The predicted octanol–water partition coefficient (Wildman–Crippen LogP) is 2.31. The summed E-state index contributed by atoms with van der Waals surface area (Å²) in [5.41, 5.74) is 10.1. The van der Waals surface area contributed by atoms with Crippen LogP contribution < -0.4 is 0 Å². The summed E-state index contributed by atoms with van der Waals surface area (Å²) in [4.78, 5) is 2.95. The first-order chi connectivity index (χ1) is 6.24. The van der Waals surface area contributed by atoms with Gasteiger partial charge in [-0.05, 0) is 28.1 Å². The molecule has 4 nitrogen and oxygen atoms in total. The number of hydrogen-bond donors (Lipinski definition) is 0. The normalized spacial score (nSPS) is 16.4. The molecule has 0 spiro atoms. The van der Waals surface area contributed by atoms with E-state index in [1.165, 1.54) is 6.21 Å². The van der Waals surface area contributed by atoms with Gasteiger partial charge < -0.3 is 5.53 Å². The van der Waals surface area contributed by atoms with E-state index in [1.54, 1.807) is 0 Å². The van der Waals surface area contributed by atoms with E-state index in [0.29, 0.717) is 0 Å². The van der Waals surface area contributed by atoms with Crippen molar-refractivity contribution in [1.29, 1.82) is 0 Å². The van der Waals surface area contributed by atoms with Crippen LogP contribution in [0.3, 0.4) is 0 Å². The Morgan fingerprint density at radius 2 is 2.23 bits per heavy atom. The largest absolute Gasteiger partial charge is 0.361 e. The number of hydrogen-bond acceptors (Lipinski definition) is 2. The minimum absolute atomic E-state index is 0.549. The summed E-state index contributed by atoms with van der Waals surface area (Å²) >= 11 is 3.34. The van der Waals surface area contributed by atoms with Crippen molar-refractivity contribution >= 4 is 22.1 Å². The molecule has 0 amide bonds. The van der Waals surface area contributed by atoms with E-state index in [1.807, 2.05) is 24.3 Å². The second-order valence-electron chi connectivity index (χ2n) is 2.66. The molecule has 64 valence electrons. The zero-order chi connectivity index (χ0) is 9.31. The molecule has 0 fully saturated rings. The lowest BCUT2D eigenvalue weighted by Gasteiger charge is -2.00. The molecule has 0 unspecified atom stereocenters. The lowest BCUT2D eigenvalue weighted by molar-refractivity contribution is 0.00456. The maximum absolute atomic E-state index is 8.34. The third-order valence-electron chi connectivity index (χ3n) is 1.74. The highest BCUT2D eigenvalue weighted by atomic mass is 79.9. The first kappa shape index (κ1) is 8.29. The molecule has 1 aromatic rings. The Balaban J connectivity index is 2.38. The standard InChI is InChI=1S/C8H5BrN4/c9-8(12-13-8)7-3-1-2-6(4-7)5-11-10/h1-5H. The van der Waals surface area contributed by atoms with E-state index in [0.717, 1.165) is 11.1 Å². The number of rotatable bonds is 2. The van der Waals surface area contributed by atoms with Crippen molar-refractivity contribution in [3.8, 4) is 0 Å². The Hall–Kier alpha value is -1.32. The Labute approximate surface area is 83.1 Å². The van der Waals surface area contributed by atoms with Crippen molar-refractivity contribution in [2.24, 2.45) is 10.2 Å². The molecule has 2 rings (SSSR count). The van der Waals surface area contributed by atoms with Gasteiger partial charge in [-0.3, -0.25) is 0 Å². The lowest BCUT2D eigenvalue weighted by Crippen LogP contribution is -1.97. The lowest BCUT2D eigenvalue weighted by atomic mass is 10.1. The molecule has 0 N–H and O–H groups in total. The Bertz CT molecular complexity index is 414. The Kier molecular flexibility index (Phi) is 1.83. The fourth-order valence-electron chi connectivity index (χ4n) is 1.04. The minimum Gasteiger partial charge on any atom is -0.361 e. The van der Waals surface area contributed by atoms with Crippen LogP contribution in [0.5, 0.6) is 0 Å². The summed E-state index contributed by atoms with van der Waals surface area (Å²) in [7, 11) is 0. The summed E-state index contributed by atoms with van der Waals surface area (Å²) in [6.07, 6.45) is 1.36. The van der Waals surface area contributed by atoms with E-state index < -0.39 is 4.57 Å². The van der Waals surface area contributed by atoms with Gasteiger partial charge in [0, 0.05) is 5.56 Å². The van der Waals surface area contributed by atoms with Crippen LogP contribution >= 0.6 is 15.9 Å². The average molecular weight is 237 g/mol. The first-order valence-electron chi connectivity index (χ1n) is 3.65. The first-order valence-corrected chi connectivity index (χ1v) is 4.45. The molecule has 13 heavy (non-hydrogen) atoms. The van der Waals surface area contributed by atoms with Gasteiger partial charge in [0.1, 0.15) is 0 Å². The summed E-state index contributed by atoms with van der Waals surface area (Å²) in [5, 5.41) is 7.68. The van der Waals surface area contributed by atoms with Crippen molar-refractivity contribution in [2.75, 3.05) is 0 Å². The quantitative estimate of drug-likeness (QED) is 0.249. The molecule has 1 heterocycles. The van der Waals surface area contributed by atoms with Crippen molar-refractivity contribution in [2.45, 2.75) is 4.57 Å². The molecule has 0 saturated heterocycles. The zero-order valence-corrected chi connectivity index (χ0v) is 8.14. The van der Waals surface area contributed by atoms with Crippen LogP contribution in [0.2, 0.25) is 0 Å². The van der Waals surface area contributed by atoms with Crippen LogP contribution in [-0.4, -0.2) is 11.0 Å². The van der Waals surface area contributed by atoms with Crippen LogP contribution in [-0.2, 0) is 4.57 Å². The van der Waals surface area contributed by atoms with Crippen molar-refractivity contribution in [1.82, 2.24) is 0 Å². The van der Waals surface area contributed by atoms with Crippen molar-refractivity contribution < 1.29 is 4.79 Å². The van der Waals surface area contributed by atoms with Gasteiger partial charge in [0.15, 0.2) is 0 Å². The maximum atomic E-state index is 8.34. The van der Waals surface area contributed by atoms with Gasteiger partial charge in [-0.1, -0.05) is 12.1 Å². The third-order valence-corrected chi connectivity index (χ3v) is 2.51. The molecule has 0 bridgehead atoms. The molecular formula is C8H5BrN4. The van der Waals surface area contributed by atoms with E-state index in [4.69, 9.17) is 5.53 Å². The highest BCUT2D eigenvalue weighted by Gasteiger charge is 2.38. The van der Waals surface area contributed by atoms with Crippen LogP contribution in [0.4, 0.5) is 0 Å². The fourth-order valence-corrected chi connectivity index (χ4v) is 1.37. The van der Waals surface area contributed by atoms with E-state index in [-0.39, 0.29) is 0 Å². The predicted molar refractivity (Wildman–Crippen MR) is 50.7 cm³/mol. The van der Waals surface area contributed by atoms with E-state index in [9.17, 15) is 0 Å². The second-order valence-corrected chi connectivity index (χ2v) is 3.76. The smallest absolute Gasteiger partial charge is 0.287 e. The SMILES string of the molecule is [N-]=[N+]=Cc1cccc(C2(Br)N=N2)c1. The van der Waals surface area contributed by atoms with Crippen LogP contribution in [0.1, 0.15) is 11.1 Å². The van der Waals surface area contributed by atoms with Gasteiger partial charge in [-0.15, -0.1) is 10.2 Å². The van der Waals surface area contributed by atoms with Crippen LogP contribution in [0.25, 0.3) is 5.53 Å². The molecule has 5 heteroatoms. The monoisotopic (exact) mass is 236 g/mol. The Morgan fingerprint density at radius 3 is 2.85 bits per heavy atom. The van der Waals surface area contributed by atoms with Gasteiger partial charge >= 0.3 is 0 Å². The highest BCUT2D eigenvalue weighted by Crippen LogP contribution is 2.45. The summed E-state index contributed by atoms with van der Waals surface area (Å²) in [6, 6.07) is 7.46. The Morgan fingerprint density at radius 1 is 1.46 bits per heavy atom. The van der Waals surface area contributed by atoms with Crippen molar-refractivity contribution in [3.05, 3.63) is 40.9 Å². The number of benzene rings is 1. The highest BCUT2D eigenvalue weighted by molar-refractivity contribution is 9.09. The van der Waals surface area contributed by atoms with Crippen LogP contribution in [0, 0.1) is 0 Å². The van der Waals surface area contributed by atoms with Crippen molar-refractivity contribution in [3.63, 3.8) is 0 Å². The molecule has 0 aliphatic carbocycles. The molecule has 1 aromatic carbocycles. The summed E-state index contributed by atoms with van der Waals surface area (Å²) < 4.78 is -0.549. The minimum atomic E-state index is -0.549. The molecular weight excluding hydrogens is 232 g/mol. The van der Waals surface area contributed by atoms with E-state index >= 15 is 0 Å². The number of nitrogens with zero attached hydrogens (tertiary/aromatic N) is 4. The van der Waals surface area contributed by atoms with Crippen LogP contribution in [0.15, 0.2) is 34.5 Å². The zero-order valence-electron chi connectivity index (χ0n) is 6.55. The summed E-state index contributed by atoms with van der Waals surface area (Å²) in [5.74, 6) is 0. The molecule has 0 atom stereocenters. The van der Waals surface area contributed by atoms with Gasteiger partial charge in [-0.25, -0.2) is 0 Å². The van der Waals surface area contributed by atoms with Gasteiger partial charge in [-0.2, -0.15) is 4.79 Å². The molecule has 0 aromatic heterocycles. The van der Waals surface area contributed by atoms with Gasteiger partial charge in [0.2, 0.25) is 0 Å². The third kappa shape index (κ3) is 1.56. The van der Waals surface area contributed by atoms with Gasteiger partial charge in [0.05, 0.1) is 5.56 Å².